The number of anilines is 1. The maximum Gasteiger partial charge on any atom is 0.252 e. The highest BCUT2D eigenvalue weighted by molar-refractivity contribution is 9.10. The smallest absolute Gasteiger partial charge is 0.252 e. The number of fused-ring (bicyclic) bond motifs is 1. The Morgan fingerprint density at radius 3 is 2.72 bits per heavy atom. The number of rotatable bonds is 6. The number of carbonyl (C=O) groups excluding carboxylic acids is 2. The van der Waals surface area contributed by atoms with E-state index in [-0.39, 0.29) is 18.5 Å². The highest BCUT2D eigenvalue weighted by Gasteiger charge is 2.20. The number of halogens is 1. The quantitative estimate of drug-likeness (QED) is 0.403. The first-order valence-corrected chi connectivity index (χ1v) is 10.9. The third-order valence-electron chi connectivity index (χ3n) is 4.93. The van der Waals surface area contributed by atoms with Gasteiger partial charge < -0.3 is 15.1 Å². The number of benzene rings is 1. The molecule has 0 saturated heterocycles. The first-order valence-electron chi connectivity index (χ1n) is 10.1. The summed E-state index contributed by atoms with van der Waals surface area (Å²) in [5.41, 5.74) is 3.13. The van der Waals surface area contributed by atoms with Gasteiger partial charge in [0.25, 0.3) is 5.91 Å². The monoisotopic (exact) mass is 495 g/mol. The van der Waals surface area contributed by atoms with Crippen LogP contribution in [0.2, 0.25) is 0 Å². The van der Waals surface area contributed by atoms with Gasteiger partial charge in [-0.1, -0.05) is 15.9 Å². The molecular weight excluding hydrogens is 474 g/mol. The lowest BCUT2D eigenvalue weighted by atomic mass is 10.1. The van der Waals surface area contributed by atoms with Crippen LogP contribution in [0.4, 0.5) is 5.69 Å². The standard InChI is InChI=1S/C23H22BrN5O3/c1-13(2)29-22-17(11-26-29)16(10-19(28-22)20-5-4-8-32-20)23(31)25-12-21(30)27-15-6-7-18(24)14(3)9-15/h4-11,13H,12H2,1-3H3,(H,25,31)(H,27,30). The van der Waals surface area contributed by atoms with E-state index in [1.807, 2.05) is 32.9 Å². The molecule has 4 aromatic rings. The fourth-order valence-electron chi connectivity index (χ4n) is 3.32. The van der Waals surface area contributed by atoms with Gasteiger partial charge in [0.2, 0.25) is 5.91 Å². The van der Waals surface area contributed by atoms with Crippen molar-refractivity contribution in [3.05, 3.63) is 64.5 Å². The van der Waals surface area contributed by atoms with Crippen molar-refractivity contribution in [3.63, 3.8) is 0 Å². The van der Waals surface area contributed by atoms with Crippen molar-refractivity contribution < 1.29 is 14.0 Å². The third kappa shape index (κ3) is 4.43. The van der Waals surface area contributed by atoms with E-state index in [0.717, 1.165) is 10.0 Å². The summed E-state index contributed by atoms with van der Waals surface area (Å²) in [6.07, 6.45) is 3.17. The molecule has 0 spiro atoms. The molecule has 0 aliphatic carbocycles. The van der Waals surface area contributed by atoms with Gasteiger partial charge >= 0.3 is 0 Å². The van der Waals surface area contributed by atoms with Gasteiger partial charge in [-0.2, -0.15) is 5.10 Å². The normalized spacial score (nSPS) is 11.2. The van der Waals surface area contributed by atoms with Crippen LogP contribution in [0.5, 0.6) is 0 Å². The van der Waals surface area contributed by atoms with Gasteiger partial charge in [-0.3, -0.25) is 9.59 Å². The largest absolute Gasteiger partial charge is 0.463 e. The molecule has 0 radical (unpaired) electrons. The molecule has 1 aromatic carbocycles. The Balaban J connectivity index is 1.57. The Morgan fingerprint density at radius 2 is 2.03 bits per heavy atom. The van der Waals surface area contributed by atoms with E-state index in [2.05, 4.69) is 36.6 Å². The minimum Gasteiger partial charge on any atom is -0.463 e. The van der Waals surface area contributed by atoms with E-state index in [1.165, 1.54) is 0 Å². The van der Waals surface area contributed by atoms with Crippen LogP contribution in [0, 0.1) is 6.92 Å². The number of hydrogen-bond donors (Lipinski definition) is 2. The first kappa shape index (κ1) is 21.8. The Kier molecular flexibility index (Phi) is 6.09. The number of nitrogens with zero attached hydrogens (tertiary/aromatic N) is 3. The van der Waals surface area contributed by atoms with E-state index in [9.17, 15) is 9.59 Å². The van der Waals surface area contributed by atoms with Crippen LogP contribution >= 0.6 is 15.9 Å². The molecular formula is C23H22BrN5O3. The minimum absolute atomic E-state index is 0.0582. The molecule has 32 heavy (non-hydrogen) atoms. The zero-order valence-corrected chi connectivity index (χ0v) is 19.4. The van der Waals surface area contributed by atoms with Crippen LogP contribution in [0.1, 0.15) is 35.8 Å². The molecule has 164 valence electrons. The number of pyridine rings is 1. The fraction of sp³-hybridized carbons (Fsp3) is 0.217. The van der Waals surface area contributed by atoms with Gasteiger partial charge in [0.05, 0.1) is 30.0 Å². The van der Waals surface area contributed by atoms with Gasteiger partial charge in [-0.15, -0.1) is 0 Å². The van der Waals surface area contributed by atoms with Crippen LogP contribution in [0.15, 0.2) is 57.7 Å². The SMILES string of the molecule is Cc1cc(NC(=O)CNC(=O)c2cc(-c3ccco3)nc3c2cnn3C(C)C)ccc1Br. The van der Waals surface area contributed by atoms with Gasteiger partial charge in [-0.25, -0.2) is 9.67 Å². The summed E-state index contributed by atoms with van der Waals surface area (Å²) in [7, 11) is 0. The van der Waals surface area contributed by atoms with E-state index in [0.29, 0.717) is 33.7 Å². The summed E-state index contributed by atoms with van der Waals surface area (Å²) >= 11 is 3.43. The van der Waals surface area contributed by atoms with Crippen molar-refractivity contribution in [3.8, 4) is 11.5 Å². The lowest BCUT2D eigenvalue weighted by Gasteiger charge is -2.11. The molecule has 0 aliphatic heterocycles. The molecule has 3 heterocycles. The average molecular weight is 496 g/mol. The highest BCUT2D eigenvalue weighted by Crippen LogP contribution is 2.26. The molecule has 0 saturated carbocycles. The molecule has 8 nitrogen and oxygen atoms in total. The second-order valence-corrected chi connectivity index (χ2v) is 8.50. The van der Waals surface area contributed by atoms with E-state index in [1.54, 1.807) is 41.4 Å². The fourth-order valence-corrected chi connectivity index (χ4v) is 3.56. The predicted molar refractivity (Wildman–Crippen MR) is 125 cm³/mol. The van der Waals surface area contributed by atoms with Gasteiger partial charge in [0.1, 0.15) is 5.69 Å². The van der Waals surface area contributed by atoms with Gasteiger partial charge in [-0.05, 0) is 62.7 Å². The Labute approximate surface area is 193 Å². The van der Waals surface area contributed by atoms with Crippen molar-refractivity contribution in [2.75, 3.05) is 11.9 Å². The predicted octanol–water partition coefficient (Wildman–Crippen LogP) is 4.71. The molecule has 9 heteroatoms. The van der Waals surface area contributed by atoms with Crippen LogP contribution in [0.25, 0.3) is 22.5 Å². The molecule has 4 rings (SSSR count). The summed E-state index contributed by atoms with van der Waals surface area (Å²) in [5, 5.41) is 10.5. The van der Waals surface area contributed by atoms with Crippen molar-refractivity contribution >= 4 is 44.5 Å². The zero-order chi connectivity index (χ0) is 22.8. The highest BCUT2D eigenvalue weighted by atomic mass is 79.9. The topological polar surface area (TPSA) is 102 Å². The summed E-state index contributed by atoms with van der Waals surface area (Å²) in [5.74, 6) is -0.175. The maximum absolute atomic E-state index is 13.0. The van der Waals surface area contributed by atoms with Crippen molar-refractivity contribution in [1.29, 1.82) is 0 Å². The van der Waals surface area contributed by atoms with Crippen molar-refractivity contribution in [2.45, 2.75) is 26.8 Å². The van der Waals surface area contributed by atoms with Crippen LogP contribution in [-0.4, -0.2) is 33.1 Å². The van der Waals surface area contributed by atoms with Crippen molar-refractivity contribution in [1.82, 2.24) is 20.1 Å². The number of hydrogen-bond acceptors (Lipinski definition) is 5. The second-order valence-electron chi connectivity index (χ2n) is 7.65. The van der Waals surface area contributed by atoms with Gasteiger partial charge in [0, 0.05) is 16.2 Å². The van der Waals surface area contributed by atoms with Crippen LogP contribution < -0.4 is 10.6 Å². The molecule has 2 amide bonds. The summed E-state index contributed by atoms with van der Waals surface area (Å²) < 4.78 is 8.18. The lowest BCUT2D eigenvalue weighted by Crippen LogP contribution is -2.33. The van der Waals surface area contributed by atoms with E-state index in [4.69, 9.17) is 4.42 Å². The molecule has 0 bridgehead atoms. The second kappa shape index (κ2) is 8.96. The van der Waals surface area contributed by atoms with Crippen LogP contribution in [-0.2, 0) is 4.79 Å². The van der Waals surface area contributed by atoms with E-state index >= 15 is 0 Å². The number of amides is 2. The minimum atomic E-state index is -0.393. The van der Waals surface area contributed by atoms with Crippen molar-refractivity contribution in [2.24, 2.45) is 0 Å². The molecule has 0 aliphatic rings. The number of nitrogens with one attached hydrogen (secondary N) is 2. The third-order valence-corrected chi connectivity index (χ3v) is 5.82. The molecule has 2 N–H and O–H groups in total. The van der Waals surface area contributed by atoms with Crippen LogP contribution in [0.3, 0.4) is 0 Å². The number of aromatic nitrogens is 3. The number of carbonyl (C=O) groups is 2. The molecule has 3 aromatic heterocycles. The summed E-state index contributed by atoms with van der Waals surface area (Å²) in [6.45, 7) is 5.74. The van der Waals surface area contributed by atoms with E-state index < -0.39 is 5.91 Å². The maximum atomic E-state index is 13.0. The summed E-state index contributed by atoms with van der Waals surface area (Å²) in [4.78, 5) is 30.0. The Hall–Kier alpha value is -3.46. The number of aryl methyl sites for hydroxylation is 1. The Bertz CT molecular complexity index is 1290. The Morgan fingerprint density at radius 1 is 1.22 bits per heavy atom. The lowest BCUT2D eigenvalue weighted by molar-refractivity contribution is -0.115. The summed E-state index contributed by atoms with van der Waals surface area (Å²) in [6, 6.07) is 10.8. The first-order chi connectivity index (χ1) is 15.3. The van der Waals surface area contributed by atoms with Gasteiger partial charge in [0.15, 0.2) is 11.4 Å². The molecule has 0 unspecified atom stereocenters. The molecule has 0 atom stereocenters. The molecule has 0 fully saturated rings. The average Bonchev–Trinajstić information content (AvgIpc) is 3.44. The zero-order valence-electron chi connectivity index (χ0n) is 17.8. The number of furan rings is 1.